The van der Waals surface area contributed by atoms with Crippen LogP contribution in [0.25, 0.3) is 0 Å². The number of aliphatic imine (C=N–C) groups is 2. The summed E-state index contributed by atoms with van der Waals surface area (Å²) in [5.41, 5.74) is 4.85. The number of rotatable bonds is 2. The van der Waals surface area contributed by atoms with Crippen molar-refractivity contribution < 1.29 is 0 Å². The van der Waals surface area contributed by atoms with Crippen molar-refractivity contribution >= 4 is 11.4 Å². The highest BCUT2D eigenvalue weighted by Crippen LogP contribution is 2.68. The molecule has 32 heavy (non-hydrogen) atoms. The fourth-order valence-corrected chi connectivity index (χ4v) is 12.9. The molecule has 0 saturated heterocycles. The predicted molar refractivity (Wildman–Crippen MR) is 129 cm³/mol. The molecule has 2 unspecified atom stereocenters. The van der Waals surface area contributed by atoms with E-state index in [1.807, 2.05) is 0 Å². The number of hydrogen-bond acceptors (Lipinski definition) is 2. The highest BCUT2D eigenvalue weighted by Gasteiger charge is 2.67. The molecule has 2 aliphatic heterocycles. The van der Waals surface area contributed by atoms with Crippen molar-refractivity contribution in [2.45, 2.75) is 127 Å². The largest absolute Gasteiger partial charge is 0.284 e. The third-order valence-corrected chi connectivity index (χ3v) is 13.2. The van der Waals surface area contributed by atoms with Crippen LogP contribution < -0.4 is 0 Å². The molecule has 2 atom stereocenters. The average molecular weight is 431 g/mol. The molecule has 2 heteroatoms. The summed E-state index contributed by atoms with van der Waals surface area (Å²) >= 11 is 0. The van der Waals surface area contributed by atoms with Crippen LogP contribution in [0.2, 0.25) is 0 Å². The van der Waals surface area contributed by atoms with Gasteiger partial charge in [0.2, 0.25) is 0 Å². The Balaban J connectivity index is 1.10. The molecule has 0 amide bonds. The topological polar surface area (TPSA) is 24.7 Å². The predicted octanol–water partition coefficient (Wildman–Crippen LogP) is 7.16. The first-order valence-corrected chi connectivity index (χ1v) is 14.7. The molecule has 0 aromatic heterocycles. The molecule has 0 aromatic carbocycles. The van der Waals surface area contributed by atoms with Gasteiger partial charge in [-0.15, -0.1) is 0 Å². The minimum atomic E-state index is 0.197. The molecule has 9 aliphatic carbocycles. The van der Waals surface area contributed by atoms with Crippen LogP contribution >= 0.6 is 0 Å². The van der Waals surface area contributed by atoms with Gasteiger partial charge in [0.05, 0.1) is 11.1 Å². The van der Waals surface area contributed by atoms with E-state index >= 15 is 0 Å². The Hall–Kier alpha value is -0.660. The molecular weight excluding hydrogens is 388 g/mol. The lowest BCUT2D eigenvalue weighted by molar-refractivity contribution is -0.0138. The van der Waals surface area contributed by atoms with Gasteiger partial charge in [0.1, 0.15) is 0 Å². The SMILES string of the molecule is C1CCC23CC(C45CC6CC(CC(C6)C4)C5)=NC2(C1)CC(C12CC4CC(CC(C4)C1)C2)=N3. The molecule has 9 fully saturated rings. The molecule has 0 spiro atoms. The van der Waals surface area contributed by atoms with E-state index in [1.54, 1.807) is 49.9 Å². The van der Waals surface area contributed by atoms with Crippen LogP contribution in [0.15, 0.2) is 9.98 Å². The summed E-state index contributed by atoms with van der Waals surface area (Å²) < 4.78 is 0. The zero-order valence-corrected chi connectivity index (χ0v) is 20.1. The van der Waals surface area contributed by atoms with Crippen molar-refractivity contribution in [3.05, 3.63) is 0 Å². The molecule has 11 aliphatic rings. The maximum atomic E-state index is 5.96. The van der Waals surface area contributed by atoms with Crippen LogP contribution in [0.4, 0.5) is 0 Å². The first-order chi connectivity index (χ1) is 15.6. The summed E-state index contributed by atoms with van der Waals surface area (Å²) in [6.07, 6.45) is 26.3. The van der Waals surface area contributed by atoms with E-state index in [2.05, 4.69) is 0 Å². The molecule has 172 valence electrons. The summed E-state index contributed by atoms with van der Waals surface area (Å²) in [5, 5.41) is 0. The second kappa shape index (κ2) is 5.76. The molecule has 2 heterocycles. The van der Waals surface area contributed by atoms with E-state index in [-0.39, 0.29) is 11.1 Å². The molecule has 8 bridgehead atoms. The normalized spacial score (nSPS) is 61.0. The average Bonchev–Trinajstić information content (AvgIpc) is 3.24. The molecule has 11 rings (SSSR count). The van der Waals surface area contributed by atoms with Gasteiger partial charge in [0, 0.05) is 35.1 Å². The Morgan fingerprint density at radius 1 is 0.469 bits per heavy atom. The van der Waals surface area contributed by atoms with E-state index in [9.17, 15) is 0 Å². The van der Waals surface area contributed by atoms with Crippen molar-refractivity contribution in [1.82, 2.24) is 0 Å². The van der Waals surface area contributed by atoms with Gasteiger partial charge in [-0.05, 0) is 125 Å². The van der Waals surface area contributed by atoms with E-state index in [4.69, 9.17) is 9.98 Å². The maximum Gasteiger partial charge on any atom is 0.0913 e. The van der Waals surface area contributed by atoms with Gasteiger partial charge in [-0.2, -0.15) is 0 Å². The maximum absolute atomic E-state index is 5.96. The van der Waals surface area contributed by atoms with E-state index < -0.39 is 0 Å². The Kier molecular flexibility index (Phi) is 3.36. The smallest absolute Gasteiger partial charge is 0.0913 e. The number of hydrogen-bond donors (Lipinski definition) is 0. The third kappa shape index (κ3) is 2.21. The molecule has 2 nitrogen and oxygen atoms in total. The fourth-order valence-electron chi connectivity index (χ4n) is 12.9. The molecule has 0 aromatic rings. The van der Waals surface area contributed by atoms with Gasteiger partial charge in [-0.25, -0.2) is 0 Å². The summed E-state index contributed by atoms with van der Waals surface area (Å²) in [7, 11) is 0. The Morgan fingerprint density at radius 3 is 1.09 bits per heavy atom. The van der Waals surface area contributed by atoms with Gasteiger partial charge in [-0.3, -0.25) is 9.98 Å². The summed E-state index contributed by atoms with van der Waals surface area (Å²) in [6.45, 7) is 0. The highest BCUT2D eigenvalue weighted by molar-refractivity contribution is 6.00. The van der Waals surface area contributed by atoms with Crippen molar-refractivity contribution in [3.8, 4) is 0 Å². The second-order valence-corrected chi connectivity index (χ2v) is 15.1. The minimum Gasteiger partial charge on any atom is -0.284 e. The van der Waals surface area contributed by atoms with E-state index in [0.29, 0.717) is 10.8 Å². The van der Waals surface area contributed by atoms with Crippen molar-refractivity contribution in [3.63, 3.8) is 0 Å². The van der Waals surface area contributed by atoms with Crippen LogP contribution in [0, 0.1) is 46.3 Å². The zero-order chi connectivity index (χ0) is 20.8. The molecule has 0 radical (unpaired) electrons. The van der Waals surface area contributed by atoms with Crippen LogP contribution in [-0.2, 0) is 0 Å². The second-order valence-electron chi connectivity index (χ2n) is 15.1. The van der Waals surface area contributed by atoms with Crippen LogP contribution in [0.3, 0.4) is 0 Å². The van der Waals surface area contributed by atoms with Crippen molar-refractivity contribution in [1.29, 1.82) is 0 Å². The van der Waals surface area contributed by atoms with Crippen molar-refractivity contribution in [2.75, 3.05) is 0 Å². The standard InChI is InChI=1S/C30H42N2/c1-2-4-30-18-26(28-14-22-8-23(15-28)10-24(9-22)16-28)31-29(30,3-1)17-25(32-30)27-11-19-5-20(12-27)7-21(6-19)13-27/h19-24H,1-18H2. The lowest BCUT2D eigenvalue weighted by Crippen LogP contribution is -2.50. The van der Waals surface area contributed by atoms with E-state index in [0.717, 1.165) is 35.5 Å². The molecular formula is C30H42N2. The Morgan fingerprint density at radius 2 is 0.781 bits per heavy atom. The van der Waals surface area contributed by atoms with Gasteiger partial charge in [-0.1, -0.05) is 12.8 Å². The van der Waals surface area contributed by atoms with Gasteiger partial charge >= 0.3 is 0 Å². The number of nitrogens with zero attached hydrogens (tertiary/aromatic N) is 2. The molecule has 0 N–H and O–H groups in total. The Bertz CT molecular complexity index is 794. The lowest BCUT2D eigenvalue weighted by Gasteiger charge is -2.57. The van der Waals surface area contributed by atoms with Crippen LogP contribution in [-0.4, -0.2) is 22.5 Å². The van der Waals surface area contributed by atoms with Gasteiger partial charge < -0.3 is 0 Å². The first kappa shape index (κ1) is 18.6. The molecule has 9 saturated carbocycles. The zero-order valence-electron chi connectivity index (χ0n) is 20.1. The first-order valence-electron chi connectivity index (χ1n) is 14.7. The summed E-state index contributed by atoms with van der Waals surface area (Å²) in [4.78, 5) is 11.9. The lowest BCUT2D eigenvalue weighted by atomic mass is 9.48. The monoisotopic (exact) mass is 430 g/mol. The quantitative estimate of drug-likeness (QED) is 0.444. The van der Waals surface area contributed by atoms with Crippen molar-refractivity contribution in [2.24, 2.45) is 56.3 Å². The highest BCUT2D eigenvalue weighted by atomic mass is 15.1. The van der Waals surface area contributed by atoms with E-state index in [1.165, 1.54) is 77.0 Å². The summed E-state index contributed by atoms with van der Waals surface area (Å²) in [5.74, 6) is 6.21. The summed E-state index contributed by atoms with van der Waals surface area (Å²) in [6, 6.07) is 0. The van der Waals surface area contributed by atoms with Gasteiger partial charge in [0.15, 0.2) is 0 Å². The van der Waals surface area contributed by atoms with Crippen LogP contribution in [0.1, 0.15) is 116 Å². The van der Waals surface area contributed by atoms with Crippen LogP contribution in [0.5, 0.6) is 0 Å². The Labute approximate surface area is 194 Å². The minimum absolute atomic E-state index is 0.197. The fraction of sp³-hybridized carbons (Fsp3) is 0.933. The third-order valence-electron chi connectivity index (χ3n) is 13.2. The van der Waals surface area contributed by atoms with Gasteiger partial charge in [0.25, 0.3) is 0 Å².